The van der Waals surface area contributed by atoms with Gasteiger partial charge in [-0.15, -0.1) is 0 Å². The molecule has 76 valence electrons. The van der Waals surface area contributed by atoms with E-state index in [1.54, 1.807) is 6.08 Å². The highest BCUT2D eigenvalue weighted by atomic mass is 16.5. The first-order valence-corrected chi connectivity index (χ1v) is 4.75. The zero-order chi connectivity index (χ0) is 10.2. The molecule has 1 N–H and O–H groups in total. The topological polar surface area (TPSA) is 29.5 Å². The van der Waals surface area contributed by atoms with Crippen LogP contribution >= 0.6 is 0 Å². The predicted molar refractivity (Wildman–Crippen MR) is 56.9 cm³/mol. The lowest BCUT2D eigenvalue weighted by molar-refractivity contribution is 0.0503. The highest BCUT2D eigenvalue weighted by Gasteiger charge is 1.98. The molecule has 0 aliphatic carbocycles. The van der Waals surface area contributed by atoms with Crippen molar-refractivity contribution in [2.24, 2.45) is 0 Å². The molecule has 0 fully saturated rings. The van der Waals surface area contributed by atoms with Gasteiger partial charge >= 0.3 is 0 Å². The Kier molecular flexibility index (Phi) is 4.97. The third-order valence-electron chi connectivity index (χ3n) is 1.81. The predicted octanol–water partition coefficient (Wildman–Crippen LogP) is 2.14. The van der Waals surface area contributed by atoms with Gasteiger partial charge in [0.1, 0.15) is 0 Å². The van der Waals surface area contributed by atoms with E-state index >= 15 is 0 Å². The van der Waals surface area contributed by atoms with Crippen molar-refractivity contribution in [3.05, 3.63) is 48.0 Å². The summed E-state index contributed by atoms with van der Waals surface area (Å²) in [7, 11) is 0. The molecule has 0 spiro atoms. The number of ether oxygens (including phenoxy) is 1. The van der Waals surface area contributed by atoms with Crippen molar-refractivity contribution in [2.75, 3.05) is 6.61 Å². The lowest BCUT2D eigenvalue weighted by atomic mass is 10.2. The summed E-state index contributed by atoms with van der Waals surface area (Å²) < 4.78 is 5.33. The van der Waals surface area contributed by atoms with E-state index in [0.29, 0.717) is 13.2 Å². The van der Waals surface area contributed by atoms with Crippen molar-refractivity contribution in [1.29, 1.82) is 0 Å². The molecule has 0 unspecified atom stereocenters. The van der Waals surface area contributed by atoms with Gasteiger partial charge in [-0.3, -0.25) is 0 Å². The van der Waals surface area contributed by atoms with Crippen molar-refractivity contribution in [3.8, 4) is 0 Å². The van der Waals surface area contributed by atoms with Crippen molar-refractivity contribution in [2.45, 2.75) is 19.6 Å². The molecule has 0 saturated carbocycles. The summed E-state index contributed by atoms with van der Waals surface area (Å²) in [6.07, 6.45) is 3.03. The number of aliphatic hydroxyl groups is 1. The quantitative estimate of drug-likeness (QED) is 0.724. The molecule has 1 atom stereocenters. The summed E-state index contributed by atoms with van der Waals surface area (Å²) in [4.78, 5) is 0. The zero-order valence-corrected chi connectivity index (χ0v) is 8.39. The zero-order valence-electron chi connectivity index (χ0n) is 8.39. The van der Waals surface area contributed by atoms with Crippen LogP contribution in [0.4, 0.5) is 0 Å². The Morgan fingerprint density at radius 2 is 2.07 bits per heavy atom. The number of allylic oxidation sites excluding steroid dienone is 1. The first kappa shape index (κ1) is 11.0. The minimum absolute atomic E-state index is 0.346. The van der Waals surface area contributed by atoms with Gasteiger partial charge in [-0.1, -0.05) is 42.5 Å². The van der Waals surface area contributed by atoms with Crippen LogP contribution in [-0.4, -0.2) is 17.8 Å². The fraction of sp³-hybridized carbons (Fsp3) is 0.333. The van der Waals surface area contributed by atoms with E-state index in [-0.39, 0.29) is 0 Å². The van der Waals surface area contributed by atoms with Crippen LogP contribution in [0.25, 0.3) is 0 Å². The van der Waals surface area contributed by atoms with Gasteiger partial charge in [0.25, 0.3) is 0 Å². The molecule has 0 heterocycles. The Bertz CT molecular complexity index is 267. The fourth-order valence-electron chi connectivity index (χ4n) is 1.15. The van der Waals surface area contributed by atoms with Gasteiger partial charge < -0.3 is 9.84 Å². The number of benzene rings is 1. The van der Waals surface area contributed by atoms with Gasteiger partial charge in [0.05, 0.1) is 19.3 Å². The summed E-state index contributed by atoms with van der Waals surface area (Å²) in [5.41, 5.74) is 1.13. The van der Waals surface area contributed by atoms with Crippen LogP contribution < -0.4 is 0 Å². The summed E-state index contributed by atoms with van der Waals surface area (Å²) in [5.74, 6) is 0. The Morgan fingerprint density at radius 3 is 2.71 bits per heavy atom. The van der Waals surface area contributed by atoms with Gasteiger partial charge in [0, 0.05) is 0 Å². The molecule has 0 radical (unpaired) electrons. The standard InChI is InChI=1S/C12H16O2/c1-2-6-12(13)10-14-9-11-7-4-3-5-8-11/h2-8,12-13H,9-10H2,1H3/t12-/m1/s1. The lowest BCUT2D eigenvalue weighted by Crippen LogP contribution is -2.11. The third-order valence-corrected chi connectivity index (χ3v) is 1.81. The second kappa shape index (κ2) is 6.35. The Balaban J connectivity index is 2.22. The molecule has 1 rings (SSSR count). The van der Waals surface area contributed by atoms with Crippen LogP contribution in [0.1, 0.15) is 12.5 Å². The van der Waals surface area contributed by atoms with Crippen LogP contribution in [0.2, 0.25) is 0 Å². The lowest BCUT2D eigenvalue weighted by Gasteiger charge is -2.06. The summed E-state index contributed by atoms with van der Waals surface area (Å²) in [5, 5.41) is 9.32. The van der Waals surface area contributed by atoms with E-state index in [1.807, 2.05) is 43.3 Å². The summed E-state index contributed by atoms with van der Waals surface area (Å²) in [6, 6.07) is 9.92. The number of hydrogen-bond donors (Lipinski definition) is 1. The van der Waals surface area contributed by atoms with Crippen LogP contribution in [0.5, 0.6) is 0 Å². The van der Waals surface area contributed by atoms with Crippen molar-refractivity contribution < 1.29 is 9.84 Å². The molecule has 14 heavy (non-hydrogen) atoms. The molecule has 0 aromatic heterocycles. The van der Waals surface area contributed by atoms with E-state index < -0.39 is 6.10 Å². The van der Waals surface area contributed by atoms with Gasteiger partial charge in [-0.05, 0) is 12.5 Å². The molecule has 1 aromatic carbocycles. The Morgan fingerprint density at radius 1 is 1.36 bits per heavy atom. The van der Waals surface area contributed by atoms with Crippen molar-refractivity contribution >= 4 is 0 Å². The summed E-state index contributed by atoms with van der Waals surface area (Å²) in [6.45, 7) is 2.77. The Hall–Kier alpha value is -1.12. The van der Waals surface area contributed by atoms with Gasteiger partial charge in [0.2, 0.25) is 0 Å². The number of hydrogen-bond acceptors (Lipinski definition) is 2. The SMILES string of the molecule is CC=C[C@@H](O)COCc1ccccc1. The number of rotatable bonds is 5. The van der Waals surface area contributed by atoms with E-state index in [1.165, 1.54) is 0 Å². The first-order chi connectivity index (χ1) is 6.83. The fourth-order valence-corrected chi connectivity index (χ4v) is 1.15. The minimum Gasteiger partial charge on any atom is -0.387 e. The van der Waals surface area contributed by atoms with Gasteiger partial charge in [-0.25, -0.2) is 0 Å². The average Bonchev–Trinajstić information content (AvgIpc) is 2.20. The maximum atomic E-state index is 9.32. The van der Waals surface area contributed by atoms with Crippen LogP contribution in [-0.2, 0) is 11.3 Å². The van der Waals surface area contributed by atoms with Gasteiger partial charge in [-0.2, -0.15) is 0 Å². The number of aliphatic hydroxyl groups excluding tert-OH is 1. The second-order valence-electron chi connectivity index (χ2n) is 3.09. The maximum Gasteiger partial charge on any atom is 0.0954 e. The molecular weight excluding hydrogens is 176 g/mol. The van der Waals surface area contributed by atoms with Crippen LogP contribution in [0.3, 0.4) is 0 Å². The second-order valence-corrected chi connectivity index (χ2v) is 3.09. The smallest absolute Gasteiger partial charge is 0.0954 e. The molecule has 0 aliphatic heterocycles. The molecule has 0 bridgehead atoms. The monoisotopic (exact) mass is 192 g/mol. The summed E-state index contributed by atoms with van der Waals surface area (Å²) >= 11 is 0. The third kappa shape index (κ3) is 4.21. The molecular formula is C12H16O2. The normalized spacial score (nSPS) is 13.3. The largest absolute Gasteiger partial charge is 0.387 e. The first-order valence-electron chi connectivity index (χ1n) is 4.75. The van der Waals surface area contributed by atoms with Gasteiger partial charge in [0.15, 0.2) is 0 Å². The van der Waals surface area contributed by atoms with E-state index in [4.69, 9.17) is 4.74 Å². The van der Waals surface area contributed by atoms with Crippen LogP contribution in [0.15, 0.2) is 42.5 Å². The molecule has 0 aliphatic rings. The maximum absolute atomic E-state index is 9.32. The minimum atomic E-state index is -0.497. The molecule has 2 heteroatoms. The van der Waals surface area contributed by atoms with Crippen LogP contribution in [0, 0.1) is 0 Å². The average molecular weight is 192 g/mol. The highest BCUT2D eigenvalue weighted by molar-refractivity contribution is 5.13. The van der Waals surface area contributed by atoms with Crippen molar-refractivity contribution in [1.82, 2.24) is 0 Å². The van der Waals surface area contributed by atoms with Crippen molar-refractivity contribution in [3.63, 3.8) is 0 Å². The molecule has 2 nitrogen and oxygen atoms in total. The molecule has 0 amide bonds. The molecule has 1 aromatic rings. The molecule has 0 saturated heterocycles. The van der Waals surface area contributed by atoms with E-state index in [0.717, 1.165) is 5.56 Å². The Labute approximate surface area is 84.8 Å². The van der Waals surface area contributed by atoms with E-state index in [9.17, 15) is 5.11 Å². The van der Waals surface area contributed by atoms with E-state index in [2.05, 4.69) is 0 Å². The highest BCUT2D eigenvalue weighted by Crippen LogP contribution is 2.01.